The van der Waals surface area contributed by atoms with E-state index in [0.29, 0.717) is 29.0 Å². The summed E-state index contributed by atoms with van der Waals surface area (Å²) >= 11 is 2.12. The van der Waals surface area contributed by atoms with Crippen molar-refractivity contribution in [2.45, 2.75) is 19.4 Å². The van der Waals surface area contributed by atoms with Gasteiger partial charge in [0.25, 0.3) is 0 Å². The Labute approximate surface area is 183 Å². The number of carboxylic acid groups (broad SMARTS) is 1. The highest BCUT2D eigenvalue weighted by molar-refractivity contribution is 14.1. The number of carbonyl (C=O) groups excluding carboxylic acids is 1. The lowest BCUT2D eigenvalue weighted by Gasteiger charge is -2.25. The molecule has 9 heteroatoms. The van der Waals surface area contributed by atoms with Gasteiger partial charge in [-0.2, -0.15) is 0 Å². The van der Waals surface area contributed by atoms with Crippen molar-refractivity contribution in [3.05, 3.63) is 56.7 Å². The number of halogens is 2. The number of ether oxygens (including phenoxy) is 1. The number of hydrogen-bond donors (Lipinski definition) is 4. The highest BCUT2D eigenvalue weighted by Crippen LogP contribution is 2.34. The molecule has 0 aliphatic heterocycles. The van der Waals surface area contributed by atoms with Crippen LogP contribution in [0.3, 0.4) is 0 Å². The van der Waals surface area contributed by atoms with E-state index in [0.717, 1.165) is 9.13 Å². The van der Waals surface area contributed by atoms with E-state index in [1.807, 2.05) is 13.0 Å². The Morgan fingerprint density at radius 3 is 2.50 bits per heavy atom. The fourth-order valence-corrected chi connectivity index (χ4v) is 3.36. The number of aliphatic hydroxyl groups excluding tert-OH is 1. The number of carboxylic acids is 1. The summed E-state index contributed by atoms with van der Waals surface area (Å²) in [7, 11) is 0. The maximum atomic E-state index is 11.9. The molecule has 0 saturated carbocycles. The first-order chi connectivity index (χ1) is 12.9. The standard InChI is InChI=1S/C19H22IN3O4.ClH/c1-2-11-9-13(20)10-15(17(11)27-8-7-24)16(19(25)26)23-14-5-3-12(4-6-14)18(21)22;/h3-6,9-10,16,23-24H,2,7-8H2,1H3,(H3,21,22)(H,25,26);1H/p-1. The third-order valence-electron chi connectivity index (χ3n) is 3.93. The van der Waals surface area contributed by atoms with Crippen molar-refractivity contribution < 1.29 is 19.7 Å². The normalized spacial score (nSPS) is 11.2. The number of aliphatic hydroxyl groups is 1. The maximum absolute atomic E-state index is 11.9. The monoisotopic (exact) mass is 518 g/mol. The van der Waals surface area contributed by atoms with E-state index in [9.17, 15) is 9.90 Å². The molecule has 2 rings (SSSR count). The van der Waals surface area contributed by atoms with Crippen molar-refractivity contribution >= 4 is 52.5 Å². The molecule has 2 aromatic rings. The van der Waals surface area contributed by atoms with Crippen molar-refractivity contribution in [3.63, 3.8) is 0 Å². The van der Waals surface area contributed by atoms with Crippen LogP contribution in [0.4, 0.5) is 5.69 Å². The van der Waals surface area contributed by atoms with Gasteiger partial charge in [0.2, 0.25) is 0 Å². The number of aliphatic carboxylic acids is 1. The fourth-order valence-electron chi connectivity index (χ4n) is 2.65. The first-order valence-corrected chi connectivity index (χ1v) is 9.43. The highest BCUT2D eigenvalue weighted by Gasteiger charge is 2.21. The zero-order valence-electron chi connectivity index (χ0n) is 15.2. The Morgan fingerprint density at radius 1 is 1.36 bits per heavy atom. The van der Waals surface area contributed by atoms with E-state index in [1.54, 1.807) is 30.3 Å². The fraction of sp³-hybridized carbons (Fsp3) is 0.263. The van der Waals surface area contributed by atoms with Gasteiger partial charge in [0.1, 0.15) is 18.2 Å². The minimum Gasteiger partial charge on any atom is -0.548 e. The van der Waals surface area contributed by atoms with Gasteiger partial charge in [0.15, 0.2) is 0 Å². The second kappa shape index (κ2) is 11.1. The lowest BCUT2D eigenvalue weighted by molar-refractivity contribution is -0.307. The Kier molecular flexibility index (Phi) is 9.50. The molecule has 5 N–H and O–H groups in total. The van der Waals surface area contributed by atoms with Gasteiger partial charge in [-0.15, -0.1) is 12.4 Å². The quantitative estimate of drug-likeness (QED) is 0.228. The average Bonchev–Trinajstić information content (AvgIpc) is 2.64. The van der Waals surface area contributed by atoms with Crippen LogP contribution in [-0.4, -0.2) is 30.1 Å². The number of amidine groups is 1. The van der Waals surface area contributed by atoms with E-state index in [2.05, 4.69) is 27.9 Å². The summed E-state index contributed by atoms with van der Waals surface area (Å²) in [6.07, 6.45) is 0.650. The van der Waals surface area contributed by atoms with Crippen molar-refractivity contribution in [1.82, 2.24) is 0 Å². The Hall–Kier alpha value is -2.04. The van der Waals surface area contributed by atoms with Gasteiger partial charge in [-0.25, -0.2) is 0 Å². The van der Waals surface area contributed by atoms with Gasteiger partial charge in [-0.3, -0.25) is 5.41 Å². The highest BCUT2D eigenvalue weighted by atomic mass is 127. The van der Waals surface area contributed by atoms with Crippen LogP contribution in [0, 0.1) is 8.98 Å². The predicted octanol–water partition coefficient (Wildman–Crippen LogP) is 1.83. The first-order valence-electron chi connectivity index (χ1n) is 8.35. The van der Waals surface area contributed by atoms with Gasteiger partial charge in [0.05, 0.1) is 18.6 Å². The lowest BCUT2D eigenvalue weighted by Crippen LogP contribution is -2.35. The van der Waals surface area contributed by atoms with E-state index < -0.39 is 12.0 Å². The minimum atomic E-state index is -1.30. The molecule has 152 valence electrons. The van der Waals surface area contributed by atoms with E-state index in [1.165, 1.54) is 0 Å². The van der Waals surface area contributed by atoms with Crippen LogP contribution < -0.4 is 20.9 Å². The summed E-state index contributed by atoms with van der Waals surface area (Å²) in [6, 6.07) is 9.06. The van der Waals surface area contributed by atoms with Crippen LogP contribution in [0.5, 0.6) is 5.75 Å². The summed E-state index contributed by atoms with van der Waals surface area (Å²) in [4.78, 5) is 11.9. The first kappa shape index (κ1) is 24.0. The van der Waals surface area contributed by atoms with Crippen molar-refractivity contribution in [1.29, 1.82) is 5.41 Å². The second-order valence-corrected chi connectivity index (χ2v) is 7.04. The van der Waals surface area contributed by atoms with Crippen molar-refractivity contribution in [3.8, 4) is 5.75 Å². The van der Waals surface area contributed by atoms with Crippen molar-refractivity contribution in [2.24, 2.45) is 5.73 Å². The number of benzene rings is 2. The number of nitrogen functional groups attached to an aromatic ring is 1. The van der Waals surface area contributed by atoms with Gasteiger partial charge in [-0.1, -0.05) is 6.92 Å². The molecule has 0 radical (unpaired) electrons. The molecule has 0 aliphatic rings. The van der Waals surface area contributed by atoms with Crippen LogP contribution in [0.15, 0.2) is 36.4 Å². The topological polar surface area (TPSA) is 131 Å². The van der Waals surface area contributed by atoms with Crippen LogP contribution in [-0.2, 0) is 11.2 Å². The average molecular weight is 519 g/mol. The predicted molar refractivity (Wildman–Crippen MR) is 117 cm³/mol. The zero-order chi connectivity index (χ0) is 20.0. The Balaban J connectivity index is 0.00000392. The molecule has 0 saturated heterocycles. The largest absolute Gasteiger partial charge is 0.548 e. The maximum Gasteiger partial charge on any atom is 0.128 e. The van der Waals surface area contributed by atoms with Crippen LogP contribution in [0.1, 0.15) is 29.7 Å². The van der Waals surface area contributed by atoms with Gasteiger partial charge in [-0.05, 0) is 71.0 Å². The second-order valence-electron chi connectivity index (χ2n) is 5.80. The molecule has 1 atom stereocenters. The molecular weight excluding hydrogens is 497 g/mol. The molecule has 0 bridgehead atoms. The van der Waals surface area contributed by atoms with Gasteiger partial charge in [0, 0.05) is 20.4 Å². The molecular formula is C19H22ClIN3O4-. The number of aryl methyl sites for hydroxylation is 1. The van der Waals surface area contributed by atoms with Gasteiger partial charge < -0.3 is 30.8 Å². The Morgan fingerprint density at radius 2 is 2.00 bits per heavy atom. The molecule has 7 nitrogen and oxygen atoms in total. The summed E-state index contributed by atoms with van der Waals surface area (Å²) in [6.45, 7) is 1.83. The molecule has 0 heterocycles. The van der Waals surface area contributed by atoms with Crippen LogP contribution >= 0.6 is 35.0 Å². The number of carbonyl (C=O) groups is 1. The molecule has 0 spiro atoms. The number of rotatable bonds is 9. The van der Waals surface area contributed by atoms with Crippen molar-refractivity contribution in [2.75, 3.05) is 18.5 Å². The van der Waals surface area contributed by atoms with Crippen LogP contribution in [0.2, 0.25) is 0 Å². The summed E-state index contributed by atoms with van der Waals surface area (Å²) < 4.78 is 6.52. The van der Waals surface area contributed by atoms with E-state index in [-0.39, 0.29) is 31.5 Å². The van der Waals surface area contributed by atoms with E-state index >= 15 is 0 Å². The smallest absolute Gasteiger partial charge is 0.128 e. The number of nitrogens with one attached hydrogen (secondary N) is 2. The van der Waals surface area contributed by atoms with E-state index in [4.69, 9.17) is 21.0 Å². The molecule has 0 amide bonds. The zero-order valence-corrected chi connectivity index (χ0v) is 18.2. The molecule has 0 aromatic heterocycles. The SMILES string of the molecule is CCc1cc(I)cc(C(Nc2ccc(C(=N)N)cc2)C(=O)[O-])c1OCCO.Cl. The summed E-state index contributed by atoms with van der Waals surface area (Å²) in [5, 5.41) is 31.3. The molecule has 0 fully saturated rings. The van der Waals surface area contributed by atoms with Crippen LogP contribution in [0.25, 0.3) is 0 Å². The molecule has 1 unspecified atom stereocenters. The summed E-state index contributed by atoms with van der Waals surface area (Å²) in [5.74, 6) is -0.930. The number of hydrogen-bond acceptors (Lipinski definition) is 6. The molecule has 2 aromatic carbocycles. The number of nitrogens with two attached hydrogens (primary N) is 1. The number of anilines is 1. The Bertz CT molecular complexity index is 831. The molecule has 28 heavy (non-hydrogen) atoms. The third-order valence-corrected chi connectivity index (χ3v) is 4.55. The summed E-state index contributed by atoms with van der Waals surface area (Å²) in [5.41, 5.74) is 7.81. The van der Waals surface area contributed by atoms with Gasteiger partial charge >= 0.3 is 0 Å². The lowest BCUT2D eigenvalue weighted by atomic mass is 10.00. The molecule has 0 aliphatic carbocycles. The minimum absolute atomic E-state index is 0. The third kappa shape index (κ3) is 5.98.